The Morgan fingerprint density at radius 2 is 2.00 bits per heavy atom. The van der Waals surface area contributed by atoms with E-state index in [2.05, 4.69) is 32.6 Å². The van der Waals surface area contributed by atoms with Gasteiger partial charge < -0.3 is 4.90 Å². The zero-order chi connectivity index (χ0) is 13.4. The number of hydrogen-bond donors (Lipinski definition) is 2. The van der Waals surface area contributed by atoms with Gasteiger partial charge in [-0.05, 0) is 38.7 Å². The van der Waals surface area contributed by atoms with Crippen molar-refractivity contribution in [2.75, 3.05) is 18.0 Å². The minimum atomic E-state index is 0.493. The molecule has 3 heterocycles. The van der Waals surface area contributed by atoms with Gasteiger partial charge in [-0.1, -0.05) is 6.92 Å². The summed E-state index contributed by atoms with van der Waals surface area (Å²) in [7, 11) is 0. The van der Waals surface area contributed by atoms with Crippen LogP contribution in [0.4, 0.5) is 5.95 Å². The SMILES string of the molecule is Cc1cc(C)nc(N2CCCC2C2NNCC2C)n1. The van der Waals surface area contributed by atoms with Gasteiger partial charge >= 0.3 is 0 Å². The third-order valence-electron chi connectivity index (χ3n) is 4.25. The number of anilines is 1. The third kappa shape index (κ3) is 2.44. The van der Waals surface area contributed by atoms with Crippen LogP contribution >= 0.6 is 0 Å². The van der Waals surface area contributed by atoms with Crippen molar-refractivity contribution >= 4 is 5.95 Å². The van der Waals surface area contributed by atoms with E-state index in [1.54, 1.807) is 0 Å². The van der Waals surface area contributed by atoms with Gasteiger partial charge in [0.05, 0.1) is 0 Å². The van der Waals surface area contributed by atoms with E-state index in [1.165, 1.54) is 12.8 Å². The van der Waals surface area contributed by atoms with Crippen LogP contribution in [0.5, 0.6) is 0 Å². The highest BCUT2D eigenvalue weighted by molar-refractivity contribution is 5.36. The van der Waals surface area contributed by atoms with E-state index in [4.69, 9.17) is 0 Å². The van der Waals surface area contributed by atoms with Gasteiger partial charge in [0.15, 0.2) is 0 Å². The molecule has 0 amide bonds. The standard InChI is InChI=1S/C14H23N5/c1-9-8-15-18-13(9)12-5-4-6-19(12)14-16-10(2)7-11(3)17-14/h7,9,12-13,15,18H,4-6,8H2,1-3H3. The fourth-order valence-electron chi connectivity index (χ4n) is 3.33. The molecule has 0 bridgehead atoms. The second-order valence-electron chi connectivity index (χ2n) is 5.88. The lowest BCUT2D eigenvalue weighted by molar-refractivity contribution is 0.400. The van der Waals surface area contributed by atoms with Gasteiger partial charge in [0, 0.05) is 36.6 Å². The highest BCUT2D eigenvalue weighted by atomic mass is 15.4. The van der Waals surface area contributed by atoms with Crippen LogP contribution in [0.1, 0.15) is 31.2 Å². The average Bonchev–Trinajstić information content (AvgIpc) is 2.95. The highest BCUT2D eigenvalue weighted by Crippen LogP contribution is 2.28. The maximum atomic E-state index is 4.63. The number of aromatic nitrogens is 2. The van der Waals surface area contributed by atoms with Crippen LogP contribution in [-0.2, 0) is 0 Å². The van der Waals surface area contributed by atoms with Crippen molar-refractivity contribution in [2.24, 2.45) is 5.92 Å². The lowest BCUT2D eigenvalue weighted by Gasteiger charge is -2.31. The van der Waals surface area contributed by atoms with Crippen molar-refractivity contribution in [2.45, 2.75) is 45.7 Å². The number of nitrogens with one attached hydrogen (secondary N) is 2. The normalized spacial score (nSPS) is 31.1. The molecule has 0 aromatic carbocycles. The van der Waals surface area contributed by atoms with Crippen LogP contribution in [0, 0.1) is 19.8 Å². The number of nitrogens with zero attached hydrogens (tertiary/aromatic N) is 3. The quantitative estimate of drug-likeness (QED) is 0.837. The van der Waals surface area contributed by atoms with Crippen molar-refractivity contribution < 1.29 is 0 Å². The van der Waals surface area contributed by atoms with Crippen molar-refractivity contribution in [1.82, 2.24) is 20.8 Å². The van der Waals surface area contributed by atoms with E-state index in [1.807, 2.05) is 19.9 Å². The first kappa shape index (κ1) is 12.8. The summed E-state index contributed by atoms with van der Waals surface area (Å²) in [4.78, 5) is 11.6. The Kier molecular flexibility index (Phi) is 3.41. The molecule has 2 fully saturated rings. The van der Waals surface area contributed by atoms with Crippen molar-refractivity contribution in [3.8, 4) is 0 Å². The number of hydrazine groups is 1. The smallest absolute Gasteiger partial charge is 0.226 e. The zero-order valence-electron chi connectivity index (χ0n) is 12.0. The lowest BCUT2D eigenvalue weighted by Crippen LogP contribution is -2.48. The predicted molar refractivity (Wildman–Crippen MR) is 76.0 cm³/mol. The number of rotatable bonds is 2. The summed E-state index contributed by atoms with van der Waals surface area (Å²) < 4.78 is 0. The zero-order valence-corrected chi connectivity index (χ0v) is 12.0. The molecule has 1 aromatic heterocycles. The van der Waals surface area contributed by atoms with E-state index in [9.17, 15) is 0 Å². The third-order valence-corrected chi connectivity index (χ3v) is 4.25. The minimum absolute atomic E-state index is 0.493. The Bertz CT molecular complexity index is 441. The van der Waals surface area contributed by atoms with E-state index in [0.29, 0.717) is 18.0 Å². The first-order valence-corrected chi connectivity index (χ1v) is 7.22. The number of hydrogen-bond acceptors (Lipinski definition) is 5. The lowest BCUT2D eigenvalue weighted by atomic mass is 9.95. The summed E-state index contributed by atoms with van der Waals surface area (Å²) >= 11 is 0. The van der Waals surface area contributed by atoms with Crippen LogP contribution in [0.25, 0.3) is 0 Å². The molecule has 0 saturated carbocycles. The Labute approximate surface area is 114 Å². The molecule has 0 radical (unpaired) electrons. The first-order chi connectivity index (χ1) is 9.15. The molecule has 1 aromatic rings. The van der Waals surface area contributed by atoms with Crippen molar-refractivity contribution in [3.05, 3.63) is 17.5 Å². The topological polar surface area (TPSA) is 53.1 Å². The molecule has 104 valence electrons. The van der Waals surface area contributed by atoms with Crippen LogP contribution < -0.4 is 15.8 Å². The second-order valence-corrected chi connectivity index (χ2v) is 5.88. The highest BCUT2D eigenvalue weighted by Gasteiger charge is 2.38. The fourth-order valence-corrected chi connectivity index (χ4v) is 3.33. The molecule has 2 N–H and O–H groups in total. The molecule has 2 aliphatic heterocycles. The predicted octanol–water partition coefficient (Wildman–Crippen LogP) is 1.17. The molecule has 5 heteroatoms. The minimum Gasteiger partial charge on any atom is -0.336 e. The number of aryl methyl sites for hydroxylation is 2. The molecule has 3 rings (SSSR count). The Morgan fingerprint density at radius 1 is 1.26 bits per heavy atom. The monoisotopic (exact) mass is 261 g/mol. The molecular formula is C14H23N5. The van der Waals surface area contributed by atoms with Crippen LogP contribution in [0.2, 0.25) is 0 Å². The fraction of sp³-hybridized carbons (Fsp3) is 0.714. The van der Waals surface area contributed by atoms with Crippen LogP contribution in [0.15, 0.2) is 6.07 Å². The Morgan fingerprint density at radius 3 is 2.63 bits per heavy atom. The molecule has 0 aliphatic carbocycles. The largest absolute Gasteiger partial charge is 0.336 e. The summed E-state index contributed by atoms with van der Waals surface area (Å²) in [5, 5.41) is 0. The van der Waals surface area contributed by atoms with Gasteiger partial charge in [-0.2, -0.15) is 0 Å². The molecule has 19 heavy (non-hydrogen) atoms. The molecule has 2 aliphatic rings. The first-order valence-electron chi connectivity index (χ1n) is 7.22. The Hall–Kier alpha value is -1.20. The maximum Gasteiger partial charge on any atom is 0.226 e. The van der Waals surface area contributed by atoms with Crippen LogP contribution in [0.3, 0.4) is 0 Å². The Balaban J connectivity index is 1.86. The summed E-state index contributed by atoms with van der Waals surface area (Å²) in [5.74, 6) is 1.55. The van der Waals surface area contributed by atoms with E-state index in [0.717, 1.165) is 30.4 Å². The molecule has 3 unspecified atom stereocenters. The molecule has 3 atom stereocenters. The maximum absolute atomic E-state index is 4.63. The molecule has 2 saturated heterocycles. The van der Waals surface area contributed by atoms with Gasteiger partial charge in [0.2, 0.25) is 5.95 Å². The molecule has 0 spiro atoms. The average molecular weight is 261 g/mol. The van der Waals surface area contributed by atoms with Crippen molar-refractivity contribution in [1.29, 1.82) is 0 Å². The van der Waals surface area contributed by atoms with E-state index in [-0.39, 0.29) is 0 Å². The van der Waals surface area contributed by atoms with E-state index >= 15 is 0 Å². The summed E-state index contributed by atoms with van der Waals surface area (Å²) in [6, 6.07) is 3.03. The molecule has 5 nitrogen and oxygen atoms in total. The second kappa shape index (κ2) is 5.06. The van der Waals surface area contributed by atoms with E-state index < -0.39 is 0 Å². The van der Waals surface area contributed by atoms with Gasteiger partial charge in [-0.15, -0.1) is 0 Å². The summed E-state index contributed by atoms with van der Waals surface area (Å²) in [6.45, 7) is 8.50. The van der Waals surface area contributed by atoms with Crippen LogP contribution in [-0.4, -0.2) is 35.1 Å². The van der Waals surface area contributed by atoms with Gasteiger partial charge in [0.25, 0.3) is 0 Å². The van der Waals surface area contributed by atoms with Gasteiger partial charge in [-0.3, -0.25) is 10.9 Å². The summed E-state index contributed by atoms with van der Waals surface area (Å²) in [5.41, 5.74) is 8.82. The summed E-state index contributed by atoms with van der Waals surface area (Å²) in [6.07, 6.45) is 2.45. The van der Waals surface area contributed by atoms with Gasteiger partial charge in [-0.25, -0.2) is 9.97 Å². The van der Waals surface area contributed by atoms with Crippen molar-refractivity contribution in [3.63, 3.8) is 0 Å². The molecular weight excluding hydrogens is 238 g/mol. The van der Waals surface area contributed by atoms with Gasteiger partial charge in [0.1, 0.15) is 0 Å².